The summed E-state index contributed by atoms with van der Waals surface area (Å²) in [6.07, 6.45) is 1.24. The number of nitrogens with zero attached hydrogens (tertiary/aromatic N) is 1. The summed E-state index contributed by atoms with van der Waals surface area (Å²) in [5.41, 5.74) is 0.406. The number of hydrogen-bond donors (Lipinski definition) is 2. The van der Waals surface area contributed by atoms with Crippen LogP contribution in [0.2, 0.25) is 0 Å². The molecule has 0 aliphatic carbocycles. The van der Waals surface area contributed by atoms with Crippen LogP contribution in [0, 0.1) is 5.82 Å². The predicted molar refractivity (Wildman–Crippen MR) is 67.4 cm³/mol. The van der Waals surface area contributed by atoms with E-state index in [1.165, 1.54) is 18.2 Å². The lowest BCUT2D eigenvalue weighted by Gasteiger charge is -2.16. The van der Waals surface area contributed by atoms with Gasteiger partial charge < -0.3 is 15.3 Å². The molecule has 1 aromatic carbocycles. The molecule has 1 aromatic rings. The highest BCUT2D eigenvalue weighted by molar-refractivity contribution is 5.99. The van der Waals surface area contributed by atoms with Gasteiger partial charge in [-0.25, -0.2) is 4.39 Å². The number of carbonyl (C=O) groups is 2. The Morgan fingerprint density at radius 3 is 2.89 bits per heavy atom. The number of benzene rings is 1. The number of hydrogen-bond acceptors (Lipinski definition) is 3. The molecule has 2 N–H and O–H groups in total. The van der Waals surface area contributed by atoms with Crippen LogP contribution in [-0.2, 0) is 4.79 Å². The number of carbonyl (C=O) groups excluding carboxylic acids is 2. The van der Waals surface area contributed by atoms with E-state index >= 15 is 0 Å². The van der Waals surface area contributed by atoms with Crippen molar-refractivity contribution in [1.82, 2.24) is 5.32 Å². The average molecular weight is 266 g/mol. The molecule has 1 aliphatic heterocycles. The van der Waals surface area contributed by atoms with Gasteiger partial charge in [0.2, 0.25) is 5.91 Å². The Morgan fingerprint density at radius 1 is 1.47 bits per heavy atom. The molecule has 1 heterocycles. The van der Waals surface area contributed by atoms with Crippen molar-refractivity contribution >= 4 is 17.5 Å². The van der Waals surface area contributed by atoms with Crippen molar-refractivity contribution in [2.75, 3.05) is 24.6 Å². The molecule has 5 nitrogen and oxygen atoms in total. The molecule has 0 bridgehead atoms. The highest BCUT2D eigenvalue weighted by atomic mass is 19.1. The maximum atomic E-state index is 13.6. The van der Waals surface area contributed by atoms with Gasteiger partial charge in [0.15, 0.2) is 0 Å². The summed E-state index contributed by atoms with van der Waals surface area (Å²) >= 11 is 0. The highest BCUT2D eigenvalue weighted by Crippen LogP contribution is 2.23. The molecule has 6 heteroatoms. The van der Waals surface area contributed by atoms with E-state index in [1.54, 1.807) is 4.90 Å². The fourth-order valence-corrected chi connectivity index (χ4v) is 2.04. The summed E-state index contributed by atoms with van der Waals surface area (Å²) in [4.78, 5) is 24.9. The third-order valence-electron chi connectivity index (χ3n) is 2.98. The Kier molecular flexibility index (Phi) is 4.11. The molecular formula is C13H15FN2O3. The Hall–Kier alpha value is -1.95. The summed E-state index contributed by atoms with van der Waals surface area (Å²) in [6.45, 7) is 0.435. The molecule has 0 atom stereocenters. The first kappa shape index (κ1) is 13.5. The standard InChI is InChI=1S/C13H15FN2O3/c14-11-4-3-9(16-6-1-2-12(16)18)8-10(11)13(19)15-5-7-17/h3-4,8,17H,1-2,5-7H2,(H,15,19). The van der Waals surface area contributed by atoms with Crippen LogP contribution in [-0.4, -0.2) is 36.6 Å². The van der Waals surface area contributed by atoms with E-state index in [2.05, 4.69) is 5.32 Å². The molecule has 1 aliphatic rings. The zero-order chi connectivity index (χ0) is 13.8. The van der Waals surface area contributed by atoms with Crippen LogP contribution in [0.1, 0.15) is 23.2 Å². The van der Waals surface area contributed by atoms with Gasteiger partial charge in [-0.3, -0.25) is 9.59 Å². The van der Waals surface area contributed by atoms with Crippen LogP contribution in [0.4, 0.5) is 10.1 Å². The van der Waals surface area contributed by atoms with E-state index in [9.17, 15) is 14.0 Å². The molecule has 19 heavy (non-hydrogen) atoms. The van der Waals surface area contributed by atoms with Crippen molar-refractivity contribution in [3.8, 4) is 0 Å². The van der Waals surface area contributed by atoms with Crippen LogP contribution in [0.3, 0.4) is 0 Å². The molecule has 1 saturated heterocycles. The number of anilines is 1. The first-order chi connectivity index (χ1) is 9.13. The minimum absolute atomic E-state index is 0.0201. The summed E-state index contributed by atoms with van der Waals surface area (Å²) in [5.74, 6) is -1.26. The molecular weight excluding hydrogens is 251 g/mol. The molecule has 2 rings (SSSR count). The highest BCUT2D eigenvalue weighted by Gasteiger charge is 2.23. The lowest BCUT2D eigenvalue weighted by molar-refractivity contribution is -0.117. The van der Waals surface area contributed by atoms with Crippen molar-refractivity contribution in [2.45, 2.75) is 12.8 Å². The minimum Gasteiger partial charge on any atom is -0.395 e. The van der Waals surface area contributed by atoms with Crippen molar-refractivity contribution in [3.05, 3.63) is 29.6 Å². The third-order valence-corrected chi connectivity index (χ3v) is 2.98. The second-order valence-corrected chi connectivity index (χ2v) is 4.29. The largest absolute Gasteiger partial charge is 0.395 e. The van der Waals surface area contributed by atoms with E-state index in [4.69, 9.17) is 5.11 Å². The lowest BCUT2D eigenvalue weighted by Crippen LogP contribution is -2.28. The molecule has 2 amide bonds. The smallest absolute Gasteiger partial charge is 0.254 e. The van der Waals surface area contributed by atoms with Crippen LogP contribution in [0.5, 0.6) is 0 Å². The number of nitrogens with one attached hydrogen (secondary N) is 1. The van der Waals surface area contributed by atoms with Gasteiger partial charge >= 0.3 is 0 Å². The Balaban J connectivity index is 2.24. The number of aliphatic hydroxyl groups is 1. The molecule has 0 saturated carbocycles. The number of amides is 2. The monoisotopic (exact) mass is 266 g/mol. The maximum Gasteiger partial charge on any atom is 0.254 e. The van der Waals surface area contributed by atoms with Crippen molar-refractivity contribution < 1.29 is 19.1 Å². The summed E-state index contributed by atoms with van der Waals surface area (Å²) in [6, 6.07) is 4.03. The fraction of sp³-hybridized carbons (Fsp3) is 0.385. The molecule has 102 valence electrons. The van der Waals surface area contributed by atoms with Crippen molar-refractivity contribution in [3.63, 3.8) is 0 Å². The van der Waals surface area contributed by atoms with Gasteiger partial charge in [0, 0.05) is 25.2 Å². The molecule has 0 unspecified atom stereocenters. The predicted octanol–water partition coefficient (Wildman–Crippen LogP) is 0.675. The summed E-state index contributed by atoms with van der Waals surface area (Å²) < 4.78 is 13.6. The van der Waals surface area contributed by atoms with Gasteiger partial charge in [0.1, 0.15) is 5.82 Å². The maximum absolute atomic E-state index is 13.6. The van der Waals surface area contributed by atoms with Crippen molar-refractivity contribution in [2.24, 2.45) is 0 Å². The SMILES string of the molecule is O=C(NCCO)c1cc(N2CCCC2=O)ccc1F. The van der Waals surface area contributed by atoms with Crippen LogP contribution >= 0.6 is 0 Å². The van der Waals surface area contributed by atoms with E-state index in [-0.39, 0.29) is 24.6 Å². The minimum atomic E-state index is -0.647. The zero-order valence-electron chi connectivity index (χ0n) is 10.4. The second kappa shape index (κ2) is 5.79. The van der Waals surface area contributed by atoms with E-state index in [1.807, 2.05) is 0 Å². The summed E-state index contributed by atoms with van der Waals surface area (Å²) in [7, 11) is 0. The Bertz CT molecular complexity index is 505. The van der Waals surface area contributed by atoms with Crippen molar-refractivity contribution in [1.29, 1.82) is 0 Å². The van der Waals surface area contributed by atoms with Crippen LogP contribution < -0.4 is 10.2 Å². The molecule has 0 radical (unpaired) electrons. The quantitative estimate of drug-likeness (QED) is 0.841. The average Bonchev–Trinajstić information content (AvgIpc) is 2.83. The van der Waals surface area contributed by atoms with Gasteiger partial charge in [-0.15, -0.1) is 0 Å². The lowest BCUT2D eigenvalue weighted by atomic mass is 10.1. The van der Waals surface area contributed by atoms with Gasteiger partial charge in [0.25, 0.3) is 5.91 Å². The number of rotatable bonds is 4. The first-order valence-electron chi connectivity index (χ1n) is 6.12. The molecule has 0 aromatic heterocycles. The Morgan fingerprint density at radius 2 is 2.26 bits per heavy atom. The van der Waals surface area contributed by atoms with E-state index in [0.717, 1.165) is 6.42 Å². The van der Waals surface area contributed by atoms with Crippen LogP contribution in [0.15, 0.2) is 18.2 Å². The second-order valence-electron chi connectivity index (χ2n) is 4.29. The zero-order valence-corrected chi connectivity index (χ0v) is 10.4. The normalized spacial score (nSPS) is 14.8. The van der Waals surface area contributed by atoms with Gasteiger partial charge in [-0.2, -0.15) is 0 Å². The molecule has 0 spiro atoms. The topological polar surface area (TPSA) is 69.6 Å². The molecule has 1 fully saturated rings. The number of halogens is 1. The summed E-state index contributed by atoms with van der Waals surface area (Å²) in [5, 5.41) is 11.0. The number of aliphatic hydroxyl groups excluding tert-OH is 1. The van der Waals surface area contributed by atoms with Gasteiger partial charge in [-0.05, 0) is 24.6 Å². The first-order valence-corrected chi connectivity index (χ1v) is 6.12. The van der Waals surface area contributed by atoms with Gasteiger partial charge in [0.05, 0.1) is 12.2 Å². The van der Waals surface area contributed by atoms with E-state index < -0.39 is 11.7 Å². The van der Waals surface area contributed by atoms with Crippen LogP contribution in [0.25, 0.3) is 0 Å². The van der Waals surface area contributed by atoms with Gasteiger partial charge in [-0.1, -0.05) is 0 Å². The third kappa shape index (κ3) is 2.90. The fourth-order valence-electron chi connectivity index (χ4n) is 2.04. The van der Waals surface area contributed by atoms with E-state index in [0.29, 0.717) is 18.7 Å². The Labute approximate surface area is 110 Å².